The van der Waals surface area contributed by atoms with Crippen LogP contribution in [0.25, 0.3) is 0 Å². The number of nitrogens with zero attached hydrogens (tertiary/aromatic N) is 1. The van der Waals surface area contributed by atoms with Crippen LogP contribution in [0.1, 0.15) is 67.2 Å². The lowest BCUT2D eigenvalue weighted by Crippen LogP contribution is -2.45. The van der Waals surface area contributed by atoms with Gasteiger partial charge in [0, 0.05) is 19.1 Å². The number of piperidine rings is 1. The smallest absolute Gasteiger partial charge is 0.410 e. The van der Waals surface area contributed by atoms with Crippen LogP contribution in [0.15, 0.2) is 0 Å². The van der Waals surface area contributed by atoms with Crippen molar-refractivity contribution in [3.8, 4) is 0 Å². The van der Waals surface area contributed by atoms with Gasteiger partial charge >= 0.3 is 6.09 Å². The molecule has 1 amide bonds. The summed E-state index contributed by atoms with van der Waals surface area (Å²) >= 11 is 0. The van der Waals surface area contributed by atoms with E-state index in [9.17, 15) is 4.79 Å². The fraction of sp³-hybridized carbons (Fsp3) is 0.944. The molecule has 0 aliphatic carbocycles. The lowest BCUT2D eigenvalue weighted by molar-refractivity contribution is 0.0165. The van der Waals surface area contributed by atoms with Crippen LogP contribution in [-0.4, -0.2) is 42.3 Å². The molecule has 1 heterocycles. The first-order chi connectivity index (χ1) is 10.2. The molecular weight excluding hydrogens is 276 g/mol. The van der Waals surface area contributed by atoms with Gasteiger partial charge in [-0.1, -0.05) is 20.3 Å². The summed E-state index contributed by atoms with van der Waals surface area (Å²) in [6, 6.07) is 0.548. The van der Waals surface area contributed by atoms with E-state index in [-0.39, 0.29) is 6.09 Å². The van der Waals surface area contributed by atoms with Gasteiger partial charge < -0.3 is 15.0 Å². The Balaban J connectivity index is 2.35. The van der Waals surface area contributed by atoms with Gasteiger partial charge in [0.1, 0.15) is 5.60 Å². The standard InChI is InChI=1S/C18H36N2O2/c1-7-14(2)11-15(3)19-12-16-9-8-10-20(13-16)17(21)22-18(4,5)6/h14-16,19H,7-13H2,1-6H3. The van der Waals surface area contributed by atoms with E-state index >= 15 is 0 Å². The Morgan fingerprint density at radius 2 is 2.05 bits per heavy atom. The molecule has 3 unspecified atom stereocenters. The number of carbonyl (C=O) groups is 1. The fourth-order valence-corrected chi connectivity index (χ4v) is 2.95. The third kappa shape index (κ3) is 7.48. The molecule has 4 nitrogen and oxygen atoms in total. The minimum atomic E-state index is -0.410. The Bertz CT molecular complexity index is 338. The zero-order valence-electron chi connectivity index (χ0n) is 15.4. The van der Waals surface area contributed by atoms with Crippen LogP contribution < -0.4 is 5.32 Å². The molecule has 0 bridgehead atoms. The molecule has 0 aromatic heterocycles. The van der Waals surface area contributed by atoms with Crippen LogP contribution in [0.5, 0.6) is 0 Å². The van der Waals surface area contributed by atoms with Gasteiger partial charge in [-0.05, 0) is 65.3 Å². The molecule has 0 saturated carbocycles. The lowest BCUT2D eigenvalue weighted by atomic mass is 9.96. The van der Waals surface area contributed by atoms with Crippen molar-refractivity contribution >= 4 is 6.09 Å². The van der Waals surface area contributed by atoms with Crippen molar-refractivity contribution in [1.29, 1.82) is 0 Å². The SMILES string of the molecule is CCC(C)CC(C)NCC1CCCN(C(=O)OC(C)(C)C)C1. The Hall–Kier alpha value is -0.770. The molecule has 0 aromatic carbocycles. The van der Waals surface area contributed by atoms with Gasteiger partial charge in [0.05, 0.1) is 0 Å². The molecule has 1 aliphatic heterocycles. The summed E-state index contributed by atoms with van der Waals surface area (Å²) in [7, 11) is 0. The van der Waals surface area contributed by atoms with Crippen LogP contribution in [-0.2, 0) is 4.74 Å². The first kappa shape index (κ1) is 19.3. The van der Waals surface area contributed by atoms with E-state index in [0.29, 0.717) is 12.0 Å². The normalized spacial score (nSPS) is 22.3. The minimum Gasteiger partial charge on any atom is -0.444 e. The number of amides is 1. The second kappa shape index (κ2) is 8.76. The Labute approximate surface area is 137 Å². The Morgan fingerprint density at radius 1 is 1.36 bits per heavy atom. The van der Waals surface area contributed by atoms with E-state index in [0.717, 1.165) is 32.0 Å². The molecule has 0 aromatic rings. The van der Waals surface area contributed by atoms with Crippen molar-refractivity contribution in [1.82, 2.24) is 10.2 Å². The van der Waals surface area contributed by atoms with Crippen LogP contribution in [0.4, 0.5) is 4.79 Å². The van der Waals surface area contributed by atoms with E-state index in [4.69, 9.17) is 4.74 Å². The van der Waals surface area contributed by atoms with Gasteiger partial charge in [0.25, 0.3) is 0 Å². The van der Waals surface area contributed by atoms with Crippen molar-refractivity contribution in [2.75, 3.05) is 19.6 Å². The summed E-state index contributed by atoms with van der Waals surface area (Å²) < 4.78 is 5.48. The zero-order chi connectivity index (χ0) is 16.8. The fourth-order valence-electron chi connectivity index (χ4n) is 2.95. The van der Waals surface area contributed by atoms with E-state index in [1.165, 1.54) is 19.3 Å². The van der Waals surface area contributed by atoms with Gasteiger partial charge in [0.2, 0.25) is 0 Å². The van der Waals surface area contributed by atoms with Crippen LogP contribution in [0.2, 0.25) is 0 Å². The molecule has 3 atom stereocenters. The molecular formula is C18H36N2O2. The van der Waals surface area contributed by atoms with Crippen molar-refractivity contribution in [3.63, 3.8) is 0 Å². The Kier molecular flexibility index (Phi) is 7.67. The third-order valence-electron chi connectivity index (χ3n) is 4.38. The topological polar surface area (TPSA) is 41.6 Å². The molecule has 1 saturated heterocycles. The summed E-state index contributed by atoms with van der Waals surface area (Å²) in [6.45, 7) is 15.2. The van der Waals surface area contributed by atoms with Gasteiger partial charge in [-0.25, -0.2) is 4.79 Å². The predicted octanol–water partition coefficient (Wildman–Crippen LogP) is 4.05. The number of likely N-dealkylation sites (tertiary alicyclic amines) is 1. The molecule has 1 N–H and O–H groups in total. The maximum Gasteiger partial charge on any atom is 0.410 e. The third-order valence-corrected chi connectivity index (χ3v) is 4.38. The summed E-state index contributed by atoms with van der Waals surface area (Å²) in [5.74, 6) is 1.31. The summed E-state index contributed by atoms with van der Waals surface area (Å²) in [6.07, 6.45) is 4.57. The molecule has 22 heavy (non-hydrogen) atoms. The largest absolute Gasteiger partial charge is 0.444 e. The second-order valence-corrected chi connectivity index (χ2v) is 7.99. The van der Waals surface area contributed by atoms with Crippen molar-refractivity contribution in [3.05, 3.63) is 0 Å². The monoisotopic (exact) mass is 312 g/mol. The second-order valence-electron chi connectivity index (χ2n) is 7.99. The highest BCUT2D eigenvalue weighted by Crippen LogP contribution is 2.19. The van der Waals surface area contributed by atoms with Gasteiger partial charge in [-0.2, -0.15) is 0 Å². The number of rotatable bonds is 6. The highest BCUT2D eigenvalue weighted by Gasteiger charge is 2.27. The first-order valence-corrected chi connectivity index (χ1v) is 8.92. The number of ether oxygens (including phenoxy) is 1. The number of nitrogens with one attached hydrogen (secondary N) is 1. The van der Waals surface area contributed by atoms with Crippen molar-refractivity contribution in [2.45, 2.75) is 78.9 Å². The summed E-state index contributed by atoms with van der Waals surface area (Å²) in [5.41, 5.74) is -0.410. The maximum absolute atomic E-state index is 12.2. The highest BCUT2D eigenvalue weighted by atomic mass is 16.6. The molecule has 1 rings (SSSR count). The molecule has 4 heteroatoms. The molecule has 0 spiro atoms. The quantitative estimate of drug-likeness (QED) is 0.804. The Morgan fingerprint density at radius 3 is 2.64 bits per heavy atom. The van der Waals surface area contributed by atoms with Crippen molar-refractivity contribution < 1.29 is 9.53 Å². The molecule has 0 radical (unpaired) electrons. The van der Waals surface area contributed by atoms with Gasteiger partial charge in [0.15, 0.2) is 0 Å². The molecule has 1 fully saturated rings. The molecule has 1 aliphatic rings. The van der Waals surface area contributed by atoms with Gasteiger partial charge in [-0.15, -0.1) is 0 Å². The van der Waals surface area contributed by atoms with E-state index in [1.54, 1.807) is 0 Å². The van der Waals surface area contributed by atoms with Gasteiger partial charge in [-0.3, -0.25) is 0 Å². The van der Waals surface area contributed by atoms with Crippen LogP contribution >= 0.6 is 0 Å². The number of hydrogen-bond donors (Lipinski definition) is 1. The average Bonchev–Trinajstić information content (AvgIpc) is 2.43. The summed E-state index contributed by atoms with van der Waals surface area (Å²) in [5, 5.41) is 3.65. The highest BCUT2D eigenvalue weighted by molar-refractivity contribution is 5.68. The number of carbonyl (C=O) groups excluding carboxylic acids is 1. The number of hydrogen-bond acceptors (Lipinski definition) is 3. The molecule has 130 valence electrons. The van der Waals surface area contributed by atoms with E-state index in [2.05, 4.69) is 26.1 Å². The summed E-state index contributed by atoms with van der Waals surface area (Å²) in [4.78, 5) is 14.0. The van der Waals surface area contributed by atoms with E-state index in [1.807, 2.05) is 25.7 Å². The average molecular weight is 312 g/mol. The maximum atomic E-state index is 12.2. The zero-order valence-corrected chi connectivity index (χ0v) is 15.4. The van der Waals surface area contributed by atoms with Crippen LogP contribution in [0, 0.1) is 11.8 Å². The van der Waals surface area contributed by atoms with Crippen molar-refractivity contribution in [2.24, 2.45) is 11.8 Å². The van der Waals surface area contributed by atoms with Crippen LogP contribution in [0.3, 0.4) is 0 Å². The first-order valence-electron chi connectivity index (χ1n) is 8.92. The van der Waals surface area contributed by atoms with E-state index < -0.39 is 5.60 Å². The minimum absolute atomic E-state index is 0.162. The predicted molar refractivity (Wildman–Crippen MR) is 92.1 cm³/mol. The lowest BCUT2D eigenvalue weighted by Gasteiger charge is -2.34.